The van der Waals surface area contributed by atoms with Crippen molar-refractivity contribution >= 4 is 104 Å². The molecule has 0 fully saturated rings. The molecule has 9 nitrogen and oxygen atoms in total. The lowest BCUT2D eigenvalue weighted by Gasteiger charge is -2.35. The minimum atomic E-state index is -1.93. The Bertz CT molecular complexity index is 579. The van der Waals surface area contributed by atoms with Gasteiger partial charge in [0.15, 0.2) is 0 Å². The molecule has 0 bridgehead atoms. The second-order valence-electron chi connectivity index (χ2n) is 10.9. The van der Waals surface area contributed by atoms with Crippen LogP contribution < -0.4 is 0 Å². The monoisotopic (exact) mass is 1020 g/mol. The molecule has 260 valence electrons. The van der Waals surface area contributed by atoms with Gasteiger partial charge >= 0.3 is 8.60 Å². The molecule has 0 aromatic rings. The molecule has 0 aromatic heterocycles. The van der Waals surface area contributed by atoms with E-state index in [9.17, 15) is 15.3 Å². The van der Waals surface area contributed by atoms with Crippen molar-refractivity contribution in [1.29, 1.82) is 0 Å². The summed E-state index contributed by atoms with van der Waals surface area (Å²) in [5, 5.41) is 33.2. The van der Waals surface area contributed by atoms with Crippen molar-refractivity contribution < 1.29 is 43.1 Å². The zero-order valence-corrected chi connectivity index (χ0v) is 35.9. The summed E-state index contributed by atoms with van der Waals surface area (Å²) in [6, 6.07) is 0. The molecule has 3 N–H and O–H groups in total. The van der Waals surface area contributed by atoms with Crippen LogP contribution in [0.15, 0.2) is 0 Å². The van der Waals surface area contributed by atoms with Crippen LogP contribution >= 0.6 is 104 Å². The molecule has 0 heterocycles. The Morgan fingerprint density at radius 1 is 0.512 bits per heavy atom. The third kappa shape index (κ3) is 19.1. The number of aliphatic hydroxyl groups excluding tert-OH is 3. The first-order chi connectivity index (χ1) is 20.5. The second kappa shape index (κ2) is 26.8. The van der Waals surface area contributed by atoms with Gasteiger partial charge in [0.1, 0.15) is 0 Å². The third-order valence-electron chi connectivity index (χ3n) is 7.31. The van der Waals surface area contributed by atoms with Crippen LogP contribution in [0.5, 0.6) is 0 Å². The molecule has 0 rings (SSSR count). The molecule has 0 spiro atoms. The Morgan fingerprint density at radius 2 is 0.767 bits per heavy atom. The molecule has 0 aliphatic rings. The largest absolute Gasteiger partial charge is 0.396 e. The van der Waals surface area contributed by atoms with E-state index in [0.717, 1.165) is 16.0 Å². The van der Waals surface area contributed by atoms with Crippen molar-refractivity contribution in [1.82, 2.24) is 0 Å². The molecule has 0 saturated heterocycles. The number of alkyl halides is 6. The van der Waals surface area contributed by atoms with Crippen molar-refractivity contribution in [2.45, 2.75) is 54.5 Å². The first-order valence-electron chi connectivity index (χ1n) is 14.4. The number of hydrogen-bond acceptors (Lipinski definition) is 9. The lowest BCUT2D eigenvalue weighted by atomic mass is 9.88. The zero-order chi connectivity index (χ0) is 32.8. The Hall–Kier alpha value is 2.95. The number of aliphatic hydroxyl groups is 3. The van der Waals surface area contributed by atoms with E-state index in [2.05, 4.69) is 95.6 Å². The van der Waals surface area contributed by atoms with Crippen LogP contribution in [0.1, 0.15) is 40.0 Å². The van der Waals surface area contributed by atoms with Gasteiger partial charge in [-0.15, -0.1) is 0 Å². The molecule has 0 aliphatic heterocycles. The summed E-state index contributed by atoms with van der Waals surface area (Å²) in [6.07, 6.45) is 1.84. The lowest BCUT2D eigenvalue weighted by Crippen LogP contribution is -2.38. The van der Waals surface area contributed by atoms with Crippen LogP contribution in [0.25, 0.3) is 0 Å². The van der Waals surface area contributed by atoms with Gasteiger partial charge in [0.05, 0.1) is 79.3 Å². The van der Waals surface area contributed by atoms with Gasteiger partial charge in [-0.2, -0.15) is 0 Å². The van der Waals surface area contributed by atoms with Gasteiger partial charge in [0.25, 0.3) is 0 Å². The highest BCUT2D eigenvalue weighted by molar-refractivity contribution is 9.12. The van der Waals surface area contributed by atoms with E-state index in [1.54, 1.807) is 0 Å². The Kier molecular flexibility index (Phi) is 28.6. The summed E-state index contributed by atoms with van der Waals surface area (Å²) >= 11 is 20.9. The normalized spacial score (nSPS) is 19.3. The molecule has 0 radical (unpaired) electrons. The van der Waals surface area contributed by atoms with Crippen LogP contribution in [0.2, 0.25) is 0 Å². The van der Waals surface area contributed by atoms with Gasteiger partial charge < -0.3 is 43.1 Å². The maximum atomic E-state index is 10.3. The summed E-state index contributed by atoms with van der Waals surface area (Å²) in [5.41, 5.74) is -1.97. The standard InChI is InChI=1S/C27H51Br6O9P/c1-4-25(13-34,16-37-10-22(31)7-28)19-40-43(41-20-26(5-2,14-35)17-38-11-23(32)8-29)42-21-27(6-3,15-36)18-39-12-24(33)9-30/h22-24,34-36H,4-21H2,1-3H3. The highest BCUT2D eigenvalue weighted by atomic mass is 79.9. The summed E-state index contributed by atoms with van der Waals surface area (Å²) in [5.74, 6) is 0. The fourth-order valence-corrected chi connectivity index (χ4v) is 5.85. The van der Waals surface area contributed by atoms with E-state index < -0.39 is 24.8 Å². The first kappa shape index (κ1) is 46.0. The van der Waals surface area contributed by atoms with Gasteiger partial charge in [-0.1, -0.05) is 116 Å². The minimum Gasteiger partial charge on any atom is -0.396 e. The number of ether oxygens (including phenoxy) is 3. The highest BCUT2D eigenvalue weighted by Crippen LogP contribution is 2.46. The van der Waals surface area contributed by atoms with Crippen LogP contribution in [0, 0.1) is 16.2 Å². The molecular formula is C27H51Br6O9P. The Morgan fingerprint density at radius 3 is 0.953 bits per heavy atom. The van der Waals surface area contributed by atoms with E-state index in [1.165, 1.54) is 0 Å². The topological polar surface area (TPSA) is 116 Å². The average Bonchev–Trinajstić information content (AvgIpc) is 3.04. The van der Waals surface area contributed by atoms with Crippen LogP contribution in [-0.2, 0) is 27.8 Å². The van der Waals surface area contributed by atoms with Crippen molar-refractivity contribution in [3.63, 3.8) is 0 Å². The summed E-state index contributed by atoms with van der Waals surface area (Å²) in [6.45, 7) is 8.30. The summed E-state index contributed by atoms with van der Waals surface area (Å²) in [4.78, 5) is 0.458. The van der Waals surface area contributed by atoms with E-state index in [0.29, 0.717) is 58.9 Å². The van der Waals surface area contributed by atoms with E-state index >= 15 is 0 Å². The number of rotatable bonds is 30. The molecule has 6 unspecified atom stereocenters. The molecule has 43 heavy (non-hydrogen) atoms. The second-order valence-corrected chi connectivity index (χ2v) is 17.9. The Labute approximate surface area is 310 Å². The number of hydrogen-bond donors (Lipinski definition) is 3. The lowest BCUT2D eigenvalue weighted by molar-refractivity contribution is -0.0522. The molecule has 16 heteroatoms. The average molecular weight is 1030 g/mol. The van der Waals surface area contributed by atoms with Gasteiger partial charge in [-0.05, 0) is 19.3 Å². The van der Waals surface area contributed by atoms with Crippen molar-refractivity contribution in [3.8, 4) is 0 Å². The van der Waals surface area contributed by atoms with Crippen molar-refractivity contribution in [3.05, 3.63) is 0 Å². The van der Waals surface area contributed by atoms with Crippen LogP contribution in [0.3, 0.4) is 0 Å². The Balaban J connectivity index is 5.73. The molecule has 0 saturated carbocycles. The fraction of sp³-hybridized carbons (Fsp3) is 1.00. The maximum Gasteiger partial charge on any atom is 0.332 e. The van der Waals surface area contributed by atoms with Gasteiger partial charge in [0, 0.05) is 46.7 Å². The minimum absolute atomic E-state index is 0.136. The van der Waals surface area contributed by atoms with E-state index in [4.69, 9.17) is 27.8 Å². The van der Waals surface area contributed by atoms with Gasteiger partial charge in [-0.3, -0.25) is 0 Å². The van der Waals surface area contributed by atoms with Crippen molar-refractivity contribution in [2.75, 3.05) is 95.3 Å². The first-order valence-corrected chi connectivity index (χ1v) is 21.6. The van der Waals surface area contributed by atoms with Crippen molar-refractivity contribution in [2.24, 2.45) is 16.2 Å². The summed E-state index contributed by atoms with van der Waals surface area (Å²) < 4.78 is 36.5. The predicted octanol–water partition coefficient (Wildman–Crippen LogP) is 6.95. The quantitative estimate of drug-likeness (QED) is 0.0520. The third-order valence-corrected chi connectivity index (χ3v) is 15.0. The highest BCUT2D eigenvalue weighted by Gasteiger charge is 2.36. The molecular weight excluding hydrogens is 979 g/mol. The molecule has 0 aromatic carbocycles. The predicted molar refractivity (Wildman–Crippen MR) is 196 cm³/mol. The van der Waals surface area contributed by atoms with Gasteiger partial charge in [0.2, 0.25) is 0 Å². The zero-order valence-electron chi connectivity index (χ0n) is 25.5. The smallest absolute Gasteiger partial charge is 0.332 e. The molecule has 6 atom stereocenters. The summed E-state index contributed by atoms with van der Waals surface area (Å²) in [7, 11) is -1.93. The maximum absolute atomic E-state index is 10.3. The SMILES string of the molecule is CCC(CO)(COCC(Br)CBr)COP(OCC(CC)(CO)COCC(Br)CBr)OCC(CC)(CO)COCC(Br)CBr. The van der Waals surface area contributed by atoms with E-state index in [-0.39, 0.29) is 54.1 Å². The van der Waals surface area contributed by atoms with Gasteiger partial charge in [-0.25, -0.2) is 0 Å². The number of halogens is 6. The molecule has 0 aliphatic carbocycles. The van der Waals surface area contributed by atoms with Crippen LogP contribution in [-0.4, -0.2) is 125 Å². The van der Waals surface area contributed by atoms with Crippen LogP contribution in [0.4, 0.5) is 0 Å². The fourth-order valence-electron chi connectivity index (χ4n) is 3.37. The van der Waals surface area contributed by atoms with E-state index in [1.807, 2.05) is 20.8 Å². The molecule has 0 amide bonds.